The molecule has 0 radical (unpaired) electrons. The van der Waals surface area contributed by atoms with Gasteiger partial charge in [-0.05, 0) is 22.4 Å². The van der Waals surface area contributed by atoms with Gasteiger partial charge in [0.05, 0.1) is 12.4 Å². The Bertz CT molecular complexity index is 436. The molecule has 1 aliphatic heterocycles. The van der Waals surface area contributed by atoms with Gasteiger partial charge >= 0.3 is 0 Å². The molecule has 104 valence electrons. The summed E-state index contributed by atoms with van der Waals surface area (Å²) in [4.78, 5) is 25.3. The Morgan fingerprint density at radius 1 is 1.63 bits per heavy atom. The van der Waals surface area contributed by atoms with E-state index < -0.39 is 0 Å². The maximum absolute atomic E-state index is 11.8. The topological polar surface area (TPSA) is 58.6 Å². The van der Waals surface area contributed by atoms with Crippen LogP contribution in [0.2, 0.25) is 0 Å². The average molecular weight is 300 g/mol. The Kier molecular flexibility index (Phi) is 5.24. The van der Waals surface area contributed by atoms with Crippen LogP contribution >= 0.6 is 23.1 Å². The second kappa shape index (κ2) is 6.93. The molecule has 1 unspecified atom stereocenters. The Morgan fingerprint density at radius 3 is 3.16 bits per heavy atom. The molecule has 0 spiro atoms. The molecule has 1 saturated heterocycles. The van der Waals surface area contributed by atoms with Gasteiger partial charge in [-0.1, -0.05) is 0 Å². The molecule has 1 fully saturated rings. The summed E-state index contributed by atoms with van der Waals surface area (Å²) in [6, 6.07) is 2.00. The van der Waals surface area contributed by atoms with Gasteiger partial charge in [0, 0.05) is 13.7 Å². The van der Waals surface area contributed by atoms with Crippen molar-refractivity contribution in [1.29, 1.82) is 0 Å². The number of rotatable bonds is 6. The first kappa shape index (κ1) is 14.4. The molecule has 1 aromatic heterocycles. The highest BCUT2D eigenvalue weighted by Crippen LogP contribution is 2.38. The van der Waals surface area contributed by atoms with Crippen LogP contribution in [-0.2, 0) is 14.3 Å². The number of nitrogens with zero attached hydrogens (tertiary/aromatic N) is 1. The van der Waals surface area contributed by atoms with Gasteiger partial charge in [-0.15, -0.1) is 11.8 Å². The Morgan fingerprint density at radius 2 is 2.47 bits per heavy atom. The maximum Gasteiger partial charge on any atom is 0.239 e. The highest BCUT2D eigenvalue weighted by molar-refractivity contribution is 8.00. The van der Waals surface area contributed by atoms with Gasteiger partial charge < -0.3 is 15.0 Å². The summed E-state index contributed by atoms with van der Waals surface area (Å²) in [5.41, 5.74) is 1.09. The first-order valence-electron chi connectivity index (χ1n) is 5.91. The van der Waals surface area contributed by atoms with Crippen molar-refractivity contribution in [1.82, 2.24) is 10.2 Å². The fraction of sp³-hybridized carbons (Fsp3) is 0.500. The molecular formula is C12H16N2O3S2. The van der Waals surface area contributed by atoms with Crippen LogP contribution in [-0.4, -0.2) is 49.3 Å². The maximum atomic E-state index is 11.8. The second-order valence-electron chi connectivity index (χ2n) is 4.08. The predicted molar refractivity (Wildman–Crippen MR) is 76.1 cm³/mol. The Balaban J connectivity index is 1.93. The standard InChI is InChI=1S/C12H16N2O3S2/c1-17-4-3-13-10(15)6-14-11(16)8-19-12(14)9-2-5-18-7-9/h2,5,7,12H,3-4,6,8H2,1H3,(H,13,15). The number of hydrogen-bond donors (Lipinski definition) is 1. The van der Waals surface area contributed by atoms with Crippen LogP contribution in [0.3, 0.4) is 0 Å². The zero-order valence-corrected chi connectivity index (χ0v) is 12.3. The van der Waals surface area contributed by atoms with Crippen LogP contribution in [0.5, 0.6) is 0 Å². The first-order valence-corrected chi connectivity index (χ1v) is 7.90. The number of thioether (sulfide) groups is 1. The number of methoxy groups -OCH3 is 1. The van der Waals surface area contributed by atoms with Gasteiger partial charge in [-0.3, -0.25) is 9.59 Å². The van der Waals surface area contributed by atoms with Crippen molar-refractivity contribution in [3.8, 4) is 0 Å². The first-order chi connectivity index (χ1) is 9.22. The van der Waals surface area contributed by atoms with Crippen molar-refractivity contribution in [3.63, 3.8) is 0 Å². The fourth-order valence-corrected chi connectivity index (χ4v) is 3.76. The summed E-state index contributed by atoms with van der Waals surface area (Å²) < 4.78 is 4.87. The highest BCUT2D eigenvalue weighted by Gasteiger charge is 2.34. The van der Waals surface area contributed by atoms with Gasteiger partial charge in [-0.25, -0.2) is 0 Å². The molecule has 2 heterocycles. The zero-order chi connectivity index (χ0) is 13.7. The number of amides is 2. The number of carbonyl (C=O) groups excluding carboxylic acids is 2. The molecule has 1 aromatic rings. The van der Waals surface area contributed by atoms with E-state index in [9.17, 15) is 9.59 Å². The molecule has 1 N–H and O–H groups in total. The van der Waals surface area contributed by atoms with Crippen LogP contribution in [0, 0.1) is 0 Å². The van der Waals surface area contributed by atoms with Crippen molar-refractivity contribution in [3.05, 3.63) is 22.4 Å². The van der Waals surface area contributed by atoms with Crippen molar-refractivity contribution in [2.24, 2.45) is 0 Å². The van der Waals surface area contributed by atoms with E-state index in [2.05, 4.69) is 5.32 Å². The van der Waals surface area contributed by atoms with E-state index in [1.165, 1.54) is 0 Å². The number of hydrogen-bond acceptors (Lipinski definition) is 5. The number of carbonyl (C=O) groups is 2. The SMILES string of the molecule is COCCNC(=O)CN1C(=O)CSC1c1ccsc1. The van der Waals surface area contributed by atoms with Crippen LogP contribution in [0.25, 0.3) is 0 Å². The van der Waals surface area contributed by atoms with Gasteiger partial charge in [0.1, 0.15) is 11.9 Å². The number of ether oxygens (including phenoxy) is 1. The van der Waals surface area contributed by atoms with Gasteiger partial charge in [0.15, 0.2) is 0 Å². The number of thiophene rings is 1. The van der Waals surface area contributed by atoms with Crippen molar-refractivity contribution < 1.29 is 14.3 Å². The summed E-state index contributed by atoms with van der Waals surface area (Å²) in [5.74, 6) is 0.308. The minimum Gasteiger partial charge on any atom is -0.383 e. The summed E-state index contributed by atoms with van der Waals surface area (Å²) in [6.45, 7) is 1.05. The van der Waals surface area contributed by atoms with Crippen LogP contribution < -0.4 is 5.32 Å². The van der Waals surface area contributed by atoms with E-state index in [0.717, 1.165) is 5.56 Å². The van der Waals surface area contributed by atoms with Crippen molar-refractivity contribution in [2.45, 2.75) is 5.37 Å². The van der Waals surface area contributed by atoms with E-state index in [4.69, 9.17) is 4.74 Å². The number of nitrogens with one attached hydrogen (secondary N) is 1. The molecule has 0 bridgehead atoms. The van der Waals surface area contributed by atoms with Gasteiger partial charge in [0.25, 0.3) is 0 Å². The molecule has 2 rings (SSSR count). The Labute approximate surface area is 120 Å². The Hall–Kier alpha value is -1.05. The van der Waals surface area contributed by atoms with Gasteiger partial charge in [0.2, 0.25) is 11.8 Å². The molecule has 7 heteroatoms. The monoisotopic (exact) mass is 300 g/mol. The molecule has 1 aliphatic rings. The lowest BCUT2D eigenvalue weighted by Gasteiger charge is -2.22. The molecular weight excluding hydrogens is 284 g/mol. The third-order valence-electron chi connectivity index (χ3n) is 2.74. The smallest absolute Gasteiger partial charge is 0.239 e. The average Bonchev–Trinajstić information content (AvgIpc) is 3.01. The van der Waals surface area contributed by atoms with E-state index in [-0.39, 0.29) is 23.7 Å². The summed E-state index contributed by atoms with van der Waals surface area (Å²) in [5, 5.41) is 6.70. The third-order valence-corrected chi connectivity index (χ3v) is 4.70. The summed E-state index contributed by atoms with van der Waals surface area (Å²) >= 11 is 3.16. The third kappa shape index (κ3) is 3.71. The highest BCUT2D eigenvalue weighted by atomic mass is 32.2. The minimum atomic E-state index is -0.145. The van der Waals surface area contributed by atoms with Gasteiger partial charge in [-0.2, -0.15) is 11.3 Å². The fourth-order valence-electron chi connectivity index (χ4n) is 1.82. The van der Waals surface area contributed by atoms with Crippen LogP contribution in [0.1, 0.15) is 10.9 Å². The molecule has 1 atom stereocenters. The largest absolute Gasteiger partial charge is 0.383 e. The molecule has 0 aromatic carbocycles. The molecule has 2 amide bonds. The molecule has 0 aliphatic carbocycles. The molecule has 5 nitrogen and oxygen atoms in total. The minimum absolute atomic E-state index is 0.0168. The molecule has 0 saturated carbocycles. The predicted octanol–water partition coefficient (Wildman–Crippen LogP) is 1.08. The van der Waals surface area contributed by atoms with E-state index in [1.54, 1.807) is 35.1 Å². The van der Waals surface area contributed by atoms with E-state index >= 15 is 0 Å². The zero-order valence-electron chi connectivity index (χ0n) is 10.6. The second-order valence-corrected chi connectivity index (χ2v) is 5.93. The quantitative estimate of drug-likeness (QED) is 0.799. The normalized spacial score (nSPS) is 18.9. The van der Waals surface area contributed by atoms with Crippen LogP contribution in [0.15, 0.2) is 16.8 Å². The lowest BCUT2D eigenvalue weighted by Crippen LogP contribution is -2.40. The van der Waals surface area contributed by atoms with Crippen LogP contribution in [0.4, 0.5) is 0 Å². The summed E-state index contributed by atoms with van der Waals surface area (Å²) in [6.07, 6.45) is 0. The van der Waals surface area contributed by atoms with E-state index in [0.29, 0.717) is 18.9 Å². The van der Waals surface area contributed by atoms with Crippen molar-refractivity contribution in [2.75, 3.05) is 32.6 Å². The summed E-state index contributed by atoms with van der Waals surface area (Å²) in [7, 11) is 1.58. The van der Waals surface area contributed by atoms with Crippen molar-refractivity contribution >= 4 is 34.9 Å². The lowest BCUT2D eigenvalue weighted by molar-refractivity contribution is -0.133. The molecule has 19 heavy (non-hydrogen) atoms. The van der Waals surface area contributed by atoms with E-state index in [1.807, 2.05) is 16.8 Å². The lowest BCUT2D eigenvalue weighted by atomic mass is 10.3.